The standard InChI is InChI=1S/C20H25NO5/c1-5-26-21-18(25)10-17(24)20-15(22)8-14(9-16(20)23)19-12(3)6-11(2)7-13(19)4/h6-7,14,24H,5,8-10H2,1-4H3,(H,21,25). The Hall–Kier alpha value is -2.47. The van der Waals surface area contributed by atoms with Gasteiger partial charge in [-0.25, -0.2) is 5.48 Å². The third kappa shape index (κ3) is 4.38. The van der Waals surface area contributed by atoms with Gasteiger partial charge in [-0.2, -0.15) is 0 Å². The Morgan fingerprint density at radius 3 is 2.19 bits per heavy atom. The lowest BCUT2D eigenvalue weighted by molar-refractivity contribution is -0.132. The summed E-state index contributed by atoms with van der Waals surface area (Å²) >= 11 is 0. The number of Topliss-reactive ketones (excluding diaryl/α,β-unsaturated/α-hetero) is 2. The van der Waals surface area contributed by atoms with Crippen LogP contribution in [0.25, 0.3) is 0 Å². The lowest BCUT2D eigenvalue weighted by Crippen LogP contribution is -2.29. The summed E-state index contributed by atoms with van der Waals surface area (Å²) < 4.78 is 0. The Morgan fingerprint density at radius 1 is 1.15 bits per heavy atom. The summed E-state index contributed by atoms with van der Waals surface area (Å²) in [6.07, 6.45) is -0.175. The normalized spacial score (nSPS) is 17.4. The molecule has 2 rings (SSSR count). The Kier molecular flexibility index (Phi) is 6.32. The van der Waals surface area contributed by atoms with Crippen molar-refractivity contribution in [2.75, 3.05) is 6.61 Å². The molecule has 1 aliphatic rings. The fraction of sp³-hybridized carbons (Fsp3) is 0.450. The van der Waals surface area contributed by atoms with Crippen LogP contribution in [0, 0.1) is 20.8 Å². The molecule has 6 heteroatoms. The van der Waals surface area contributed by atoms with Crippen molar-refractivity contribution in [3.05, 3.63) is 45.7 Å². The van der Waals surface area contributed by atoms with Gasteiger partial charge in [0.05, 0.1) is 18.6 Å². The smallest absolute Gasteiger partial charge is 0.251 e. The van der Waals surface area contributed by atoms with Crippen LogP contribution in [0.4, 0.5) is 0 Å². The number of hydroxylamine groups is 1. The van der Waals surface area contributed by atoms with E-state index in [4.69, 9.17) is 4.84 Å². The number of benzene rings is 1. The number of nitrogens with one attached hydrogen (secondary N) is 1. The van der Waals surface area contributed by atoms with Crippen LogP contribution < -0.4 is 5.48 Å². The van der Waals surface area contributed by atoms with Gasteiger partial charge in [-0.05, 0) is 50.3 Å². The Labute approximate surface area is 153 Å². The fourth-order valence-electron chi connectivity index (χ4n) is 3.67. The van der Waals surface area contributed by atoms with Gasteiger partial charge >= 0.3 is 0 Å². The van der Waals surface area contributed by atoms with Gasteiger partial charge in [0.15, 0.2) is 11.6 Å². The van der Waals surface area contributed by atoms with Crippen LogP contribution in [-0.4, -0.2) is 29.2 Å². The topological polar surface area (TPSA) is 92.7 Å². The van der Waals surface area contributed by atoms with Crippen LogP contribution in [0.5, 0.6) is 0 Å². The SMILES string of the molecule is CCONC(=O)CC(O)=C1C(=O)CC(c2c(C)cc(C)cc2C)CC1=O. The number of ketones is 2. The maximum atomic E-state index is 12.5. The van der Waals surface area contributed by atoms with E-state index in [0.29, 0.717) is 0 Å². The van der Waals surface area contributed by atoms with Gasteiger partial charge < -0.3 is 5.11 Å². The molecule has 0 saturated heterocycles. The maximum Gasteiger partial charge on any atom is 0.251 e. The summed E-state index contributed by atoms with van der Waals surface area (Å²) in [7, 11) is 0. The predicted octanol–water partition coefficient (Wildman–Crippen LogP) is 2.90. The van der Waals surface area contributed by atoms with Gasteiger partial charge in [-0.15, -0.1) is 0 Å². The highest BCUT2D eigenvalue weighted by Crippen LogP contribution is 2.36. The van der Waals surface area contributed by atoms with Crippen molar-refractivity contribution in [1.82, 2.24) is 5.48 Å². The van der Waals surface area contributed by atoms with Crippen LogP contribution in [0.2, 0.25) is 0 Å². The van der Waals surface area contributed by atoms with Crippen LogP contribution in [0.15, 0.2) is 23.5 Å². The van der Waals surface area contributed by atoms with E-state index in [1.54, 1.807) is 6.92 Å². The zero-order valence-electron chi connectivity index (χ0n) is 15.6. The van der Waals surface area contributed by atoms with Crippen LogP contribution in [0.1, 0.15) is 54.4 Å². The molecule has 2 N–H and O–H groups in total. The number of aliphatic hydroxyl groups excluding tert-OH is 1. The summed E-state index contributed by atoms with van der Waals surface area (Å²) in [6, 6.07) is 4.08. The minimum Gasteiger partial charge on any atom is -0.511 e. The van der Waals surface area contributed by atoms with E-state index in [0.717, 1.165) is 22.3 Å². The van der Waals surface area contributed by atoms with Crippen molar-refractivity contribution in [3.63, 3.8) is 0 Å². The molecule has 0 bridgehead atoms. The lowest BCUT2D eigenvalue weighted by atomic mass is 9.76. The molecule has 1 aromatic carbocycles. The number of carbonyl (C=O) groups is 3. The van der Waals surface area contributed by atoms with E-state index in [1.807, 2.05) is 32.9 Å². The molecule has 0 aromatic heterocycles. The molecule has 1 saturated carbocycles. The number of amides is 1. The van der Waals surface area contributed by atoms with Gasteiger partial charge in [0.2, 0.25) is 0 Å². The van der Waals surface area contributed by atoms with E-state index in [9.17, 15) is 19.5 Å². The molecule has 6 nitrogen and oxygen atoms in total. The molecule has 140 valence electrons. The molecule has 1 aliphatic carbocycles. The molecule has 1 amide bonds. The minimum absolute atomic E-state index is 0.142. The van der Waals surface area contributed by atoms with Gasteiger partial charge in [0, 0.05) is 12.8 Å². The number of hydrogen-bond donors (Lipinski definition) is 2. The van der Waals surface area contributed by atoms with Crippen molar-refractivity contribution in [2.45, 2.75) is 52.9 Å². The number of aryl methyl sites for hydroxylation is 3. The number of carbonyl (C=O) groups excluding carboxylic acids is 3. The lowest BCUT2D eigenvalue weighted by Gasteiger charge is -2.26. The molecule has 0 spiro atoms. The van der Waals surface area contributed by atoms with E-state index in [2.05, 4.69) is 5.48 Å². The molecular weight excluding hydrogens is 334 g/mol. The Bertz CT molecular complexity index is 735. The van der Waals surface area contributed by atoms with Crippen LogP contribution in [0.3, 0.4) is 0 Å². The molecule has 0 heterocycles. The summed E-state index contributed by atoms with van der Waals surface area (Å²) in [4.78, 5) is 41.4. The van der Waals surface area contributed by atoms with E-state index < -0.39 is 29.7 Å². The second kappa shape index (κ2) is 8.27. The molecule has 0 unspecified atom stereocenters. The molecule has 26 heavy (non-hydrogen) atoms. The first-order chi connectivity index (χ1) is 12.2. The first-order valence-corrected chi connectivity index (χ1v) is 8.71. The predicted molar refractivity (Wildman–Crippen MR) is 96.7 cm³/mol. The zero-order valence-corrected chi connectivity index (χ0v) is 15.6. The van der Waals surface area contributed by atoms with Crippen molar-refractivity contribution in [1.29, 1.82) is 0 Å². The molecule has 0 radical (unpaired) electrons. The highest BCUT2D eigenvalue weighted by molar-refractivity contribution is 6.22. The van der Waals surface area contributed by atoms with Gasteiger partial charge in [0.1, 0.15) is 5.76 Å². The summed E-state index contributed by atoms with van der Waals surface area (Å²) in [5.74, 6) is -2.15. The van der Waals surface area contributed by atoms with E-state index in [-0.39, 0.29) is 30.9 Å². The molecular formula is C20H25NO5. The van der Waals surface area contributed by atoms with Crippen molar-refractivity contribution >= 4 is 17.5 Å². The second-order valence-corrected chi connectivity index (χ2v) is 6.72. The van der Waals surface area contributed by atoms with E-state index in [1.165, 1.54) is 0 Å². The average Bonchev–Trinajstić information content (AvgIpc) is 2.51. The maximum absolute atomic E-state index is 12.5. The fourth-order valence-corrected chi connectivity index (χ4v) is 3.67. The molecule has 0 aliphatic heterocycles. The van der Waals surface area contributed by atoms with Gasteiger partial charge in [-0.3, -0.25) is 19.2 Å². The minimum atomic E-state index is -0.607. The van der Waals surface area contributed by atoms with Crippen molar-refractivity contribution < 1.29 is 24.3 Å². The Morgan fingerprint density at radius 2 is 1.69 bits per heavy atom. The van der Waals surface area contributed by atoms with Gasteiger partial charge in [-0.1, -0.05) is 17.7 Å². The molecule has 1 fully saturated rings. The summed E-state index contributed by atoms with van der Waals surface area (Å²) in [6.45, 7) is 7.93. The second-order valence-electron chi connectivity index (χ2n) is 6.72. The summed E-state index contributed by atoms with van der Waals surface area (Å²) in [5, 5.41) is 10.1. The first kappa shape index (κ1) is 19.8. The summed E-state index contributed by atoms with van der Waals surface area (Å²) in [5.41, 5.74) is 6.14. The number of rotatable bonds is 5. The number of allylic oxidation sites excluding steroid dienone is 1. The molecule has 0 atom stereocenters. The first-order valence-electron chi connectivity index (χ1n) is 8.71. The highest BCUT2D eigenvalue weighted by Gasteiger charge is 2.35. The Balaban J connectivity index is 2.22. The van der Waals surface area contributed by atoms with E-state index >= 15 is 0 Å². The zero-order chi connectivity index (χ0) is 19.4. The van der Waals surface area contributed by atoms with Crippen molar-refractivity contribution in [2.24, 2.45) is 0 Å². The third-order valence-corrected chi connectivity index (χ3v) is 4.51. The van der Waals surface area contributed by atoms with Crippen LogP contribution >= 0.6 is 0 Å². The van der Waals surface area contributed by atoms with Gasteiger partial charge in [0.25, 0.3) is 5.91 Å². The number of hydrogen-bond acceptors (Lipinski definition) is 5. The quantitative estimate of drug-likeness (QED) is 0.365. The number of aliphatic hydroxyl groups is 1. The van der Waals surface area contributed by atoms with Crippen molar-refractivity contribution in [3.8, 4) is 0 Å². The third-order valence-electron chi connectivity index (χ3n) is 4.51. The average molecular weight is 359 g/mol. The largest absolute Gasteiger partial charge is 0.511 e. The monoisotopic (exact) mass is 359 g/mol. The highest BCUT2D eigenvalue weighted by atomic mass is 16.6. The molecule has 1 aromatic rings. The van der Waals surface area contributed by atoms with Crippen LogP contribution in [-0.2, 0) is 19.2 Å².